The number of rotatable bonds is 9. The van der Waals surface area contributed by atoms with Crippen molar-refractivity contribution in [3.63, 3.8) is 0 Å². The van der Waals surface area contributed by atoms with Crippen LogP contribution in [-0.4, -0.2) is 78.0 Å². The number of halogens is 3. The zero-order valence-corrected chi connectivity index (χ0v) is 18.5. The van der Waals surface area contributed by atoms with Gasteiger partial charge in [0.25, 0.3) is 5.56 Å². The highest BCUT2D eigenvalue weighted by atomic mass is 19.4. The molecular weight excluding hydrogens is 455 g/mol. The topological polar surface area (TPSA) is 129 Å². The predicted octanol–water partition coefficient (Wildman–Crippen LogP) is 1.82. The maximum atomic E-state index is 12.5. The van der Waals surface area contributed by atoms with Gasteiger partial charge in [0.1, 0.15) is 0 Å². The SMILES string of the molecule is NCCCN1CCN(CCc2cnc(NC(=O)Nc3ccccc3OC(F)(F)F)[nH]c2=O)CC1. The molecule has 1 aromatic heterocycles. The van der Waals surface area contributed by atoms with Gasteiger partial charge in [-0.3, -0.25) is 15.1 Å². The number of piperazine rings is 1. The van der Waals surface area contributed by atoms with Gasteiger partial charge in [0.2, 0.25) is 5.95 Å². The molecule has 1 fully saturated rings. The van der Waals surface area contributed by atoms with Gasteiger partial charge in [0, 0.05) is 44.5 Å². The third-order valence-corrected chi connectivity index (χ3v) is 5.31. The van der Waals surface area contributed by atoms with Crippen LogP contribution >= 0.6 is 0 Å². The summed E-state index contributed by atoms with van der Waals surface area (Å²) in [5.74, 6) is -0.698. The van der Waals surface area contributed by atoms with E-state index in [9.17, 15) is 22.8 Å². The van der Waals surface area contributed by atoms with E-state index in [-0.39, 0.29) is 11.6 Å². The molecule has 5 N–H and O–H groups in total. The average Bonchev–Trinajstić information content (AvgIpc) is 2.78. The summed E-state index contributed by atoms with van der Waals surface area (Å²) < 4.78 is 41.5. The Hall–Kier alpha value is -3.16. The highest BCUT2D eigenvalue weighted by Gasteiger charge is 2.32. The van der Waals surface area contributed by atoms with Crippen LogP contribution in [0.15, 0.2) is 35.3 Å². The van der Waals surface area contributed by atoms with Crippen molar-refractivity contribution in [3.8, 4) is 5.75 Å². The van der Waals surface area contributed by atoms with E-state index >= 15 is 0 Å². The Balaban J connectivity index is 1.50. The van der Waals surface area contributed by atoms with Crippen LogP contribution in [0, 0.1) is 0 Å². The summed E-state index contributed by atoms with van der Waals surface area (Å²) in [6.07, 6.45) is -2.05. The number of nitrogens with one attached hydrogen (secondary N) is 3. The summed E-state index contributed by atoms with van der Waals surface area (Å²) in [6.45, 7) is 6.13. The molecule has 0 atom stereocenters. The number of hydrogen-bond acceptors (Lipinski definition) is 7. The second-order valence-electron chi connectivity index (χ2n) is 7.78. The van der Waals surface area contributed by atoms with E-state index in [1.54, 1.807) is 0 Å². The van der Waals surface area contributed by atoms with Crippen LogP contribution in [0.25, 0.3) is 0 Å². The molecule has 186 valence electrons. The van der Waals surface area contributed by atoms with Gasteiger partial charge in [-0.15, -0.1) is 13.2 Å². The molecule has 0 bridgehead atoms. The first-order chi connectivity index (χ1) is 16.2. The van der Waals surface area contributed by atoms with Crippen molar-refractivity contribution in [2.45, 2.75) is 19.2 Å². The van der Waals surface area contributed by atoms with Crippen molar-refractivity contribution >= 4 is 17.7 Å². The van der Waals surface area contributed by atoms with Gasteiger partial charge in [0.05, 0.1) is 5.69 Å². The van der Waals surface area contributed by atoms with E-state index in [2.05, 4.69) is 35.1 Å². The number of carbonyl (C=O) groups is 1. The quantitative estimate of drug-likeness (QED) is 0.428. The first-order valence-electron chi connectivity index (χ1n) is 10.9. The number of aromatic amines is 1. The molecule has 0 saturated carbocycles. The third kappa shape index (κ3) is 8.01. The van der Waals surface area contributed by atoms with Crippen LogP contribution in [0.3, 0.4) is 0 Å². The Morgan fingerprint density at radius 3 is 2.44 bits per heavy atom. The second-order valence-corrected chi connectivity index (χ2v) is 7.78. The number of para-hydroxylation sites is 2. The number of nitrogens with two attached hydrogens (primary N) is 1. The van der Waals surface area contributed by atoms with E-state index in [0.29, 0.717) is 25.1 Å². The molecule has 1 aliphatic rings. The lowest BCUT2D eigenvalue weighted by Gasteiger charge is -2.34. The summed E-state index contributed by atoms with van der Waals surface area (Å²) in [5.41, 5.74) is 5.43. The Morgan fingerprint density at radius 2 is 1.79 bits per heavy atom. The third-order valence-electron chi connectivity index (χ3n) is 5.31. The summed E-state index contributed by atoms with van der Waals surface area (Å²) in [5, 5.41) is 4.54. The molecule has 1 aromatic carbocycles. The van der Waals surface area contributed by atoms with E-state index in [4.69, 9.17) is 5.73 Å². The molecule has 2 aromatic rings. The Bertz CT molecular complexity index is 1010. The van der Waals surface area contributed by atoms with Crippen molar-refractivity contribution in [3.05, 3.63) is 46.4 Å². The minimum Gasteiger partial charge on any atom is -0.404 e. The number of urea groups is 1. The Labute approximate surface area is 194 Å². The predicted molar refractivity (Wildman–Crippen MR) is 121 cm³/mol. The maximum Gasteiger partial charge on any atom is 0.573 e. The number of amides is 2. The lowest BCUT2D eigenvalue weighted by molar-refractivity contribution is -0.274. The molecule has 10 nitrogen and oxygen atoms in total. The van der Waals surface area contributed by atoms with Crippen LogP contribution < -0.4 is 26.7 Å². The molecule has 34 heavy (non-hydrogen) atoms. The van der Waals surface area contributed by atoms with Gasteiger partial charge < -0.3 is 25.6 Å². The number of hydrogen-bond donors (Lipinski definition) is 4. The number of nitrogens with zero attached hydrogens (tertiary/aromatic N) is 3. The average molecular weight is 483 g/mol. The lowest BCUT2D eigenvalue weighted by Crippen LogP contribution is -2.47. The molecule has 2 amide bonds. The van der Waals surface area contributed by atoms with E-state index in [0.717, 1.165) is 45.2 Å². The van der Waals surface area contributed by atoms with Crippen molar-refractivity contribution in [2.75, 3.05) is 56.4 Å². The number of carbonyl (C=O) groups excluding carboxylic acids is 1. The standard InChI is InChI=1S/C21H28F3N7O3/c22-21(23,24)34-17-5-2-1-4-16(17)27-20(33)29-19-26-14-15(18(32)28-19)6-9-31-12-10-30(11-13-31)8-3-7-25/h1-2,4-5,14H,3,6-13,25H2,(H3,26,27,28,29,32,33). The first kappa shape index (κ1) is 25.5. The fourth-order valence-electron chi connectivity index (χ4n) is 3.54. The first-order valence-corrected chi connectivity index (χ1v) is 10.9. The van der Waals surface area contributed by atoms with Gasteiger partial charge in [-0.1, -0.05) is 12.1 Å². The minimum absolute atomic E-state index is 0.131. The van der Waals surface area contributed by atoms with Gasteiger partial charge in [0.15, 0.2) is 5.75 Å². The number of H-pyrrole nitrogens is 1. The number of benzene rings is 1. The summed E-state index contributed by atoms with van der Waals surface area (Å²) >= 11 is 0. The van der Waals surface area contributed by atoms with Crippen molar-refractivity contribution < 1.29 is 22.7 Å². The fourth-order valence-corrected chi connectivity index (χ4v) is 3.54. The van der Waals surface area contributed by atoms with Crippen molar-refractivity contribution in [1.29, 1.82) is 0 Å². The van der Waals surface area contributed by atoms with Crippen molar-refractivity contribution in [1.82, 2.24) is 19.8 Å². The molecule has 0 aliphatic carbocycles. The highest BCUT2D eigenvalue weighted by molar-refractivity contribution is 5.99. The summed E-state index contributed by atoms with van der Waals surface area (Å²) in [7, 11) is 0. The largest absolute Gasteiger partial charge is 0.573 e. The van der Waals surface area contributed by atoms with E-state index in [1.165, 1.54) is 24.4 Å². The smallest absolute Gasteiger partial charge is 0.404 e. The normalized spacial score (nSPS) is 15.2. The second kappa shape index (κ2) is 11.8. The molecule has 0 spiro atoms. The molecule has 3 rings (SSSR count). The summed E-state index contributed by atoms with van der Waals surface area (Å²) in [4.78, 5) is 35.7. The van der Waals surface area contributed by atoms with Gasteiger partial charge in [-0.25, -0.2) is 9.78 Å². The minimum atomic E-state index is -4.91. The van der Waals surface area contributed by atoms with Crippen molar-refractivity contribution in [2.24, 2.45) is 5.73 Å². The highest BCUT2D eigenvalue weighted by Crippen LogP contribution is 2.29. The van der Waals surface area contributed by atoms with Crippen LogP contribution in [0.4, 0.5) is 29.6 Å². The van der Waals surface area contributed by atoms with Crippen LogP contribution in [0.1, 0.15) is 12.0 Å². The Kier molecular flexibility index (Phi) is 8.85. The zero-order chi connectivity index (χ0) is 24.6. The molecule has 1 saturated heterocycles. The van der Waals surface area contributed by atoms with Gasteiger partial charge >= 0.3 is 12.4 Å². The molecule has 0 unspecified atom stereocenters. The number of aromatic nitrogens is 2. The molecule has 0 radical (unpaired) electrons. The number of alkyl halides is 3. The maximum absolute atomic E-state index is 12.5. The zero-order valence-electron chi connectivity index (χ0n) is 18.5. The monoisotopic (exact) mass is 483 g/mol. The number of anilines is 2. The van der Waals surface area contributed by atoms with E-state index < -0.39 is 23.7 Å². The van der Waals surface area contributed by atoms with Crippen LogP contribution in [-0.2, 0) is 6.42 Å². The van der Waals surface area contributed by atoms with Gasteiger partial charge in [-0.05, 0) is 38.1 Å². The Morgan fingerprint density at radius 1 is 1.12 bits per heavy atom. The summed E-state index contributed by atoms with van der Waals surface area (Å²) in [6, 6.07) is 4.20. The molecule has 13 heteroatoms. The van der Waals surface area contributed by atoms with Crippen LogP contribution in [0.2, 0.25) is 0 Å². The molecule has 2 heterocycles. The van der Waals surface area contributed by atoms with E-state index in [1.807, 2.05) is 0 Å². The van der Waals surface area contributed by atoms with Gasteiger partial charge in [-0.2, -0.15) is 0 Å². The lowest BCUT2D eigenvalue weighted by atomic mass is 10.2. The molecule has 1 aliphatic heterocycles. The van der Waals surface area contributed by atoms with Crippen LogP contribution in [0.5, 0.6) is 5.75 Å². The molecular formula is C21H28F3N7O3. The number of ether oxygens (including phenoxy) is 1. The fraction of sp³-hybridized carbons (Fsp3) is 0.476.